The minimum atomic E-state index is -1.18. The summed E-state index contributed by atoms with van der Waals surface area (Å²) >= 11 is 0. The van der Waals surface area contributed by atoms with Crippen molar-refractivity contribution in [2.24, 2.45) is 5.92 Å². The first kappa shape index (κ1) is 31.6. The third-order valence-corrected chi connectivity index (χ3v) is 8.36. The summed E-state index contributed by atoms with van der Waals surface area (Å²) in [6.45, 7) is 2.39. The van der Waals surface area contributed by atoms with Gasteiger partial charge in [-0.25, -0.2) is 13.6 Å². The molecule has 45 heavy (non-hydrogen) atoms. The van der Waals surface area contributed by atoms with E-state index < -0.39 is 35.4 Å². The van der Waals surface area contributed by atoms with E-state index in [2.05, 4.69) is 16.0 Å². The molecule has 2 fully saturated rings. The molecule has 0 radical (unpaired) electrons. The average molecular weight is 620 g/mol. The van der Waals surface area contributed by atoms with E-state index in [1.54, 1.807) is 43.3 Å². The van der Waals surface area contributed by atoms with Gasteiger partial charge in [0.25, 0.3) is 0 Å². The van der Waals surface area contributed by atoms with Crippen LogP contribution in [0.1, 0.15) is 24.0 Å². The first-order valence-corrected chi connectivity index (χ1v) is 14.6. The number of amides is 5. The lowest BCUT2D eigenvalue weighted by Gasteiger charge is -2.33. The summed E-state index contributed by atoms with van der Waals surface area (Å²) in [4.78, 5) is 51.2. The van der Waals surface area contributed by atoms with Crippen LogP contribution < -0.4 is 20.7 Å². The summed E-state index contributed by atoms with van der Waals surface area (Å²) in [5.74, 6) is -3.37. The number of carbonyl (C=O) groups is 4. The van der Waals surface area contributed by atoms with E-state index in [1.807, 2.05) is 0 Å². The lowest BCUT2D eigenvalue weighted by molar-refractivity contribution is -0.140. The number of nitrogens with zero attached hydrogens (tertiary/aromatic N) is 2. The minimum Gasteiger partial charge on any atom is -0.496 e. The van der Waals surface area contributed by atoms with Crippen LogP contribution in [0.25, 0.3) is 22.3 Å². The van der Waals surface area contributed by atoms with Gasteiger partial charge >= 0.3 is 6.03 Å². The number of nitrogens with one attached hydrogen (secondary N) is 3. The molecule has 3 aromatic rings. The van der Waals surface area contributed by atoms with Crippen LogP contribution in [0.3, 0.4) is 0 Å². The zero-order valence-corrected chi connectivity index (χ0v) is 25.5. The molecule has 0 spiro atoms. The zero-order chi connectivity index (χ0) is 32.4. The lowest BCUT2D eigenvalue weighted by Crippen LogP contribution is -2.56. The van der Waals surface area contributed by atoms with Gasteiger partial charge in [0.2, 0.25) is 17.7 Å². The number of hydrogen-bond acceptors (Lipinski definition) is 6. The van der Waals surface area contributed by atoms with Crippen molar-refractivity contribution in [1.29, 1.82) is 0 Å². The fourth-order valence-electron chi connectivity index (χ4n) is 5.83. The van der Waals surface area contributed by atoms with Crippen molar-refractivity contribution in [2.45, 2.75) is 32.4 Å². The van der Waals surface area contributed by atoms with Crippen LogP contribution in [0, 0.1) is 24.5 Å². The van der Waals surface area contributed by atoms with Crippen LogP contribution in [0.2, 0.25) is 0 Å². The molecule has 0 aliphatic carbocycles. The number of benzene rings is 3. The fraction of sp³-hybridized carbons (Fsp3) is 0.333. The molecule has 0 saturated carbocycles. The van der Waals surface area contributed by atoms with Gasteiger partial charge in [-0.1, -0.05) is 30.3 Å². The second kappa shape index (κ2) is 13.0. The number of halogens is 2. The topological polar surface area (TPSA) is 120 Å². The van der Waals surface area contributed by atoms with E-state index in [0.717, 1.165) is 11.3 Å². The first-order chi connectivity index (χ1) is 21.5. The molecule has 0 aromatic heterocycles. The molecule has 236 valence electrons. The van der Waals surface area contributed by atoms with E-state index in [0.29, 0.717) is 46.5 Å². The number of anilines is 1. The summed E-state index contributed by atoms with van der Waals surface area (Å²) in [5.41, 5.74) is 2.86. The minimum absolute atomic E-state index is 0.00673. The molecule has 1 unspecified atom stereocenters. The quantitative estimate of drug-likeness (QED) is 0.311. The molecule has 2 saturated heterocycles. The highest BCUT2D eigenvalue weighted by atomic mass is 19.1. The molecule has 2 aliphatic rings. The van der Waals surface area contributed by atoms with Crippen LogP contribution >= 0.6 is 0 Å². The van der Waals surface area contributed by atoms with Crippen molar-refractivity contribution in [2.75, 3.05) is 39.6 Å². The summed E-state index contributed by atoms with van der Waals surface area (Å²) < 4.78 is 36.9. The van der Waals surface area contributed by atoms with Crippen molar-refractivity contribution in [3.05, 3.63) is 71.3 Å². The Morgan fingerprint density at radius 1 is 1.04 bits per heavy atom. The number of ether oxygens (including phenoxy) is 1. The van der Waals surface area contributed by atoms with Crippen LogP contribution in [-0.2, 0) is 20.9 Å². The van der Waals surface area contributed by atoms with Gasteiger partial charge in [0, 0.05) is 57.3 Å². The Morgan fingerprint density at radius 2 is 1.76 bits per heavy atom. The Kier molecular flexibility index (Phi) is 9.14. The molecule has 12 heteroatoms. The van der Waals surface area contributed by atoms with Crippen molar-refractivity contribution < 1.29 is 32.7 Å². The molecule has 2 atom stereocenters. The van der Waals surface area contributed by atoms with Gasteiger partial charge < -0.3 is 25.6 Å². The van der Waals surface area contributed by atoms with Crippen LogP contribution in [0.4, 0.5) is 19.3 Å². The van der Waals surface area contributed by atoms with Crippen LogP contribution in [0.15, 0.2) is 48.5 Å². The van der Waals surface area contributed by atoms with Crippen molar-refractivity contribution in [3.8, 4) is 28.0 Å². The highest BCUT2D eigenvalue weighted by Crippen LogP contribution is 2.37. The van der Waals surface area contributed by atoms with Gasteiger partial charge in [-0.2, -0.15) is 0 Å². The Hall–Kier alpha value is -4.84. The first-order valence-electron chi connectivity index (χ1n) is 14.6. The van der Waals surface area contributed by atoms with Crippen molar-refractivity contribution >= 4 is 29.4 Å². The van der Waals surface area contributed by atoms with Crippen molar-refractivity contribution in [3.63, 3.8) is 0 Å². The number of methoxy groups -OCH3 is 1. The summed E-state index contributed by atoms with van der Waals surface area (Å²) in [5, 5.41) is 8.58. The average Bonchev–Trinajstić information content (AvgIpc) is 3.44. The monoisotopic (exact) mass is 619 g/mol. The predicted molar refractivity (Wildman–Crippen MR) is 164 cm³/mol. The third kappa shape index (κ3) is 6.37. The van der Waals surface area contributed by atoms with E-state index in [1.165, 1.54) is 38.2 Å². The van der Waals surface area contributed by atoms with Gasteiger partial charge in [-0.05, 0) is 53.8 Å². The Morgan fingerprint density at radius 3 is 2.47 bits per heavy atom. The molecule has 5 amide bonds. The molecule has 3 N–H and O–H groups in total. The smallest absolute Gasteiger partial charge is 0.326 e. The number of imide groups is 1. The summed E-state index contributed by atoms with van der Waals surface area (Å²) in [6, 6.07) is 12.5. The Balaban J connectivity index is 1.38. The second-order valence-corrected chi connectivity index (χ2v) is 11.3. The largest absolute Gasteiger partial charge is 0.496 e. The molecular formula is C33H35F2N5O5. The van der Waals surface area contributed by atoms with Gasteiger partial charge in [0.15, 0.2) is 5.82 Å². The number of rotatable bonds is 9. The molecule has 3 aromatic carbocycles. The van der Waals surface area contributed by atoms with Crippen molar-refractivity contribution in [1.82, 2.24) is 20.4 Å². The third-order valence-electron chi connectivity index (χ3n) is 8.36. The lowest BCUT2D eigenvalue weighted by atomic mass is 9.91. The summed E-state index contributed by atoms with van der Waals surface area (Å²) in [6.07, 6.45) is 1.22. The maximum Gasteiger partial charge on any atom is 0.326 e. The molecule has 0 bridgehead atoms. The van der Waals surface area contributed by atoms with Crippen LogP contribution in [-0.4, -0.2) is 73.9 Å². The predicted octanol–water partition coefficient (Wildman–Crippen LogP) is 4.06. The van der Waals surface area contributed by atoms with E-state index in [-0.39, 0.29) is 36.3 Å². The number of urea groups is 1. The fourth-order valence-corrected chi connectivity index (χ4v) is 5.83. The van der Waals surface area contributed by atoms with E-state index in [4.69, 9.17) is 4.74 Å². The van der Waals surface area contributed by atoms with Gasteiger partial charge in [-0.3, -0.25) is 19.3 Å². The van der Waals surface area contributed by atoms with Gasteiger partial charge in [0.05, 0.1) is 12.8 Å². The normalized spacial score (nSPS) is 18.3. The van der Waals surface area contributed by atoms with E-state index in [9.17, 15) is 19.2 Å². The molecule has 10 nitrogen and oxygen atoms in total. The highest BCUT2D eigenvalue weighted by Gasteiger charge is 2.39. The van der Waals surface area contributed by atoms with Crippen LogP contribution in [0.5, 0.6) is 5.75 Å². The van der Waals surface area contributed by atoms with Gasteiger partial charge in [-0.15, -0.1) is 0 Å². The number of carbonyl (C=O) groups excluding carboxylic acids is 4. The molecule has 2 heterocycles. The second-order valence-electron chi connectivity index (χ2n) is 11.3. The van der Waals surface area contributed by atoms with Gasteiger partial charge in [0.1, 0.15) is 17.5 Å². The summed E-state index contributed by atoms with van der Waals surface area (Å²) in [7, 11) is 4.24. The SMILES string of the molecule is COc1cc(-c2cccc(-c3cccc(NC(=O)C4CN(C)C(=O)N(C)C4=O)c3F)c2C)cc(F)c1CNC[C@@H]1CCC(=O)N1. The molecular weight excluding hydrogens is 584 g/mol. The Bertz CT molecular complexity index is 1680. The highest BCUT2D eigenvalue weighted by molar-refractivity contribution is 6.12. The molecule has 5 rings (SSSR count). The maximum atomic E-state index is 15.9. The maximum absolute atomic E-state index is 15.9. The standard InChI is InChI=1S/C33H35F2N5O5/c1-18-21(19-13-26(34)24(28(14-19)45-4)16-36-15-20-11-12-29(41)37-20)7-5-8-22(18)23-9-6-10-27(30(23)35)38-31(42)25-17-39(2)33(44)40(3)32(25)43/h5-10,13-14,20,25,36H,11-12,15-17H2,1-4H3,(H,37,41)(H,38,42)/t20-,25?/m0/s1. The zero-order valence-electron chi connectivity index (χ0n) is 25.5. The number of hydrogen-bond donors (Lipinski definition) is 3. The van der Waals surface area contributed by atoms with E-state index >= 15 is 8.78 Å². The Labute approximate surface area is 259 Å². The molecule has 2 aliphatic heterocycles.